The van der Waals surface area contributed by atoms with Crippen LogP contribution in [0, 0.1) is 5.82 Å². The van der Waals surface area contributed by atoms with Gasteiger partial charge in [0.2, 0.25) is 0 Å². The zero-order valence-corrected chi connectivity index (χ0v) is 17.4. The van der Waals surface area contributed by atoms with Crippen LogP contribution in [0.5, 0.6) is 0 Å². The van der Waals surface area contributed by atoms with Crippen LogP contribution in [0.4, 0.5) is 4.39 Å². The molecule has 160 valence electrons. The zero-order valence-electron chi connectivity index (χ0n) is 16.6. The van der Waals surface area contributed by atoms with E-state index in [1.807, 2.05) is 0 Å². The molecule has 4 aromatic rings. The van der Waals surface area contributed by atoms with Gasteiger partial charge < -0.3 is 9.67 Å². The summed E-state index contributed by atoms with van der Waals surface area (Å²) in [4.78, 5) is 34.9. The number of aromatic nitrogens is 5. The molecular weight excluding hydrogens is 425 g/mol. The first kappa shape index (κ1) is 21.0. The Labute approximate surface area is 180 Å². The number of aryl methyl sites for hydroxylation is 1. The van der Waals surface area contributed by atoms with Crippen molar-refractivity contribution in [2.45, 2.75) is 19.5 Å². The third-order valence-electron chi connectivity index (χ3n) is 4.98. The van der Waals surface area contributed by atoms with E-state index in [0.29, 0.717) is 22.1 Å². The van der Waals surface area contributed by atoms with Crippen molar-refractivity contribution in [3.05, 3.63) is 80.0 Å². The first-order chi connectivity index (χ1) is 14.9. The standard InChI is InChI=1S/C21H19ClFN5O3/c1-26-19-17(20(30)27(21(26)31)9-2-10-29)28(12-16-8-5-14(22)11-24-16)18(25-19)13-3-6-15(23)7-4-13/h3-8,11,29H,2,9-10,12H2,1H3. The average molecular weight is 444 g/mol. The quantitative estimate of drug-likeness (QED) is 0.493. The number of aliphatic hydroxyl groups is 1. The Balaban J connectivity index is 2.01. The Morgan fingerprint density at radius 1 is 1.10 bits per heavy atom. The van der Waals surface area contributed by atoms with Crippen LogP contribution in [-0.4, -0.2) is 35.4 Å². The molecule has 0 bridgehead atoms. The molecule has 0 atom stereocenters. The average Bonchev–Trinajstić information content (AvgIpc) is 3.14. The second-order valence-corrected chi connectivity index (χ2v) is 7.48. The van der Waals surface area contributed by atoms with Gasteiger partial charge in [0.1, 0.15) is 11.6 Å². The van der Waals surface area contributed by atoms with Gasteiger partial charge in [0, 0.05) is 32.0 Å². The van der Waals surface area contributed by atoms with E-state index < -0.39 is 17.1 Å². The third-order valence-corrected chi connectivity index (χ3v) is 5.21. The van der Waals surface area contributed by atoms with Gasteiger partial charge in [-0.2, -0.15) is 0 Å². The van der Waals surface area contributed by atoms with Crippen LogP contribution >= 0.6 is 11.6 Å². The number of pyridine rings is 1. The maximum atomic E-state index is 13.5. The maximum absolute atomic E-state index is 13.5. The lowest BCUT2D eigenvalue weighted by molar-refractivity contribution is 0.277. The van der Waals surface area contributed by atoms with Crippen LogP contribution < -0.4 is 11.2 Å². The minimum absolute atomic E-state index is 0.0776. The lowest BCUT2D eigenvalue weighted by atomic mass is 10.2. The fraction of sp³-hybridized carbons (Fsp3) is 0.238. The molecular formula is C21H19ClFN5O3. The highest BCUT2D eigenvalue weighted by Gasteiger charge is 2.21. The highest BCUT2D eigenvalue weighted by atomic mass is 35.5. The van der Waals surface area contributed by atoms with E-state index in [9.17, 15) is 14.0 Å². The molecule has 3 heterocycles. The minimum atomic E-state index is -0.522. The molecule has 0 radical (unpaired) electrons. The Kier molecular flexibility index (Phi) is 5.71. The van der Waals surface area contributed by atoms with Crippen LogP contribution in [0.15, 0.2) is 52.2 Å². The minimum Gasteiger partial charge on any atom is -0.396 e. The fourth-order valence-electron chi connectivity index (χ4n) is 3.43. The van der Waals surface area contributed by atoms with E-state index in [-0.39, 0.29) is 37.3 Å². The Bertz CT molecular complexity index is 1360. The summed E-state index contributed by atoms with van der Waals surface area (Å²) >= 11 is 5.93. The smallest absolute Gasteiger partial charge is 0.332 e. The highest BCUT2D eigenvalue weighted by Crippen LogP contribution is 2.24. The number of hydrogen-bond donors (Lipinski definition) is 1. The molecule has 0 saturated carbocycles. The zero-order chi connectivity index (χ0) is 22.1. The first-order valence-corrected chi connectivity index (χ1v) is 9.96. The summed E-state index contributed by atoms with van der Waals surface area (Å²) in [5.41, 5.74) is 0.606. The molecule has 10 heteroatoms. The molecule has 0 aliphatic heterocycles. The topological polar surface area (TPSA) is 94.9 Å². The van der Waals surface area contributed by atoms with Crippen molar-refractivity contribution in [3.8, 4) is 11.4 Å². The molecule has 3 aromatic heterocycles. The van der Waals surface area contributed by atoms with Gasteiger partial charge in [-0.3, -0.25) is 18.9 Å². The third kappa shape index (κ3) is 3.89. The second kappa shape index (κ2) is 8.44. The second-order valence-electron chi connectivity index (χ2n) is 7.04. The maximum Gasteiger partial charge on any atom is 0.332 e. The molecule has 0 unspecified atom stereocenters. The molecule has 0 amide bonds. The highest BCUT2D eigenvalue weighted by molar-refractivity contribution is 6.30. The van der Waals surface area contributed by atoms with Gasteiger partial charge in [0.25, 0.3) is 5.56 Å². The number of hydrogen-bond acceptors (Lipinski definition) is 5. The summed E-state index contributed by atoms with van der Waals surface area (Å²) < 4.78 is 17.5. The van der Waals surface area contributed by atoms with E-state index in [4.69, 9.17) is 16.7 Å². The molecule has 1 aromatic carbocycles. The van der Waals surface area contributed by atoms with Crippen LogP contribution in [0.25, 0.3) is 22.6 Å². The van der Waals surface area contributed by atoms with Crippen molar-refractivity contribution in [1.29, 1.82) is 0 Å². The summed E-state index contributed by atoms with van der Waals surface area (Å²) in [7, 11) is 1.53. The van der Waals surface area contributed by atoms with E-state index in [1.165, 1.54) is 29.9 Å². The molecule has 0 fully saturated rings. The predicted octanol–water partition coefficient (Wildman–Crippen LogP) is 2.18. The number of benzene rings is 1. The number of nitrogens with zero attached hydrogens (tertiary/aromatic N) is 5. The summed E-state index contributed by atoms with van der Waals surface area (Å²) in [6, 6.07) is 9.15. The van der Waals surface area contributed by atoms with Gasteiger partial charge in [0.15, 0.2) is 11.2 Å². The van der Waals surface area contributed by atoms with Gasteiger partial charge >= 0.3 is 5.69 Å². The van der Waals surface area contributed by atoms with E-state index in [1.54, 1.807) is 28.8 Å². The SMILES string of the molecule is Cn1c(=O)n(CCCO)c(=O)c2c1nc(-c1ccc(F)cc1)n2Cc1ccc(Cl)cn1. The van der Waals surface area contributed by atoms with Crippen LogP contribution in [0.2, 0.25) is 5.02 Å². The molecule has 1 N–H and O–H groups in total. The van der Waals surface area contributed by atoms with E-state index in [2.05, 4.69) is 9.97 Å². The van der Waals surface area contributed by atoms with Gasteiger partial charge in [-0.05, 0) is 42.8 Å². The number of imidazole rings is 1. The number of fused-ring (bicyclic) bond motifs is 1. The largest absolute Gasteiger partial charge is 0.396 e. The van der Waals surface area contributed by atoms with E-state index in [0.717, 1.165) is 4.57 Å². The predicted molar refractivity (Wildman–Crippen MR) is 115 cm³/mol. The summed E-state index contributed by atoms with van der Waals surface area (Å²) in [6.07, 6.45) is 1.77. The van der Waals surface area contributed by atoms with Crippen molar-refractivity contribution < 1.29 is 9.50 Å². The van der Waals surface area contributed by atoms with Gasteiger partial charge in [-0.1, -0.05) is 11.6 Å². The van der Waals surface area contributed by atoms with Crippen molar-refractivity contribution in [1.82, 2.24) is 23.7 Å². The first-order valence-electron chi connectivity index (χ1n) is 9.58. The van der Waals surface area contributed by atoms with E-state index >= 15 is 0 Å². The number of rotatable bonds is 6. The number of halogens is 2. The summed E-state index contributed by atoms with van der Waals surface area (Å²) in [5, 5.41) is 9.63. The van der Waals surface area contributed by atoms with Crippen molar-refractivity contribution in [2.24, 2.45) is 7.05 Å². The molecule has 8 nitrogen and oxygen atoms in total. The molecule has 0 aliphatic carbocycles. The van der Waals surface area contributed by atoms with Crippen LogP contribution in [0.1, 0.15) is 12.1 Å². The monoisotopic (exact) mass is 443 g/mol. The summed E-state index contributed by atoms with van der Waals surface area (Å²) in [5.74, 6) is 0.00305. The lowest BCUT2D eigenvalue weighted by Crippen LogP contribution is -2.40. The number of aliphatic hydroxyl groups excluding tert-OH is 1. The Morgan fingerprint density at radius 3 is 2.48 bits per heavy atom. The molecule has 0 aliphatic rings. The van der Waals surface area contributed by atoms with Crippen molar-refractivity contribution in [2.75, 3.05) is 6.61 Å². The molecule has 0 saturated heterocycles. The normalized spacial score (nSPS) is 11.4. The Hall–Kier alpha value is -3.30. The van der Waals surface area contributed by atoms with Gasteiger partial charge in [-0.15, -0.1) is 0 Å². The van der Waals surface area contributed by atoms with Gasteiger partial charge in [-0.25, -0.2) is 14.2 Å². The summed E-state index contributed by atoms with van der Waals surface area (Å²) in [6.45, 7) is 0.116. The lowest BCUT2D eigenvalue weighted by Gasteiger charge is -2.11. The molecule has 31 heavy (non-hydrogen) atoms. The Morgan fingerprint density at radius 2 is 1.84 bits per heavy atom. The van der Waals surface area contributed by atoms with Crippen LogP contribution in [-0.2, 0) is 20.1 Å². The molecule has 0 spiro atoms. The molecule has 4 rings (SSSR count). The fourth-order valence-corrected chi connectivity index (χ4v) is 3.54. The van der Waals surface area contributed by atoms with Gasteiger partial charge in [0.05, 0.1) is 17.3 Å². The van der Waals surface area contributed by atoms with Crippen molar-refractivity contribution >= 4 is 22.8 Å². The van der Waals surface area contributed by atoms with Crippen LogP contribution in [0.3, 0.4) is 0 Å². The van der Waals surface area contributed by atoms with Crippen molar-refractivity contribution in [3.63, 3.8) is 0 Å².